The Morgan fingerprint density at radius 1 is 1.50 bits per heavy atom. The molecule has 0 amide bonds. The topological polar surface area (TPSA) is 15.3 Å². The molecule has 3 atom stereocenters. The van der Waals surface area contributed by atoms with Gasteiger partial charge >= 0.3 is 0 Å². The van der Waals surface area contributed by atoms with Gasteiger partial charge in [0.2, 0.25) is 0 Å². The van der Waals surface area contributed by atoms with Crippen LogP contribution in [0.4, 0.5) is 8.78 Å². The lowest BCUT2D eigenvalue weighted by molar-refractivity contribution is 0.0752. The van der Waals surface area contributed by atoms with Gasteiger partial charge in [0.1, 0.15) is 0 Å². The maximum atomic E-state index is 12.8. The molecule has 1 aliphatic heterocycles. The van der Waals surface area contributed by atoms with Crippen LogP contribution >= 0.6 is 0 Å². The van der Waals surface area contributed by atoms with E-state index < -0.39 is 5.92 Å². The van der Waals surface area contributed by atoms with E-state index in [0.717, 1.165) is 26.1 Å². The molecule has 3 unspecified atom stereocenters. The molecule has 2 rings (SSSR count). The van der Waals surface area contributed by atoms with Crippen LogP contribution in [0.3, 0.4) is 0 Å². The molecule has 1 heterocycles. The molecule has 0 aromatic heterocycles. The molecule has 2 fully saturated rings. The zero-order valence-electron chi connectivity index (χ0n) is 10.2. The Labute approximate surface area is 97.9 Å². The maximum Gasteiger partial charge on any atom is 0.252 e. The first kappa shape index (κ1) is 12.2. The summed E-state index contributed by atoms with van der Waals surface area (Å²) in [5.41, 5.74) is 0. The molecule has 1 N–H and O–H groups in total. The standard InChI is InChI=1S/C12H22F2N2.H2/c1-3-15-11-4-5-16(7-9(11)2)8-10-6-12(10,13)14;/h9-11,15H,3-8H2,1-2H3;1H. The van der Waals surface area contributed by atoms with Crippen LogP contribution in [-0.2, 0) is 0 Å². The van der Waals surface area contributed by atoms with E-state index in [0.29, 0.717) is 18.5 Å². The van der Waals surface area contributed by atoms with Crippen molar-refractivity contribution in [2.24, 2.45) is 11.8 Å². The fraction of sp³-hybridized carbons (Fsp3) is 1.00. The van der Waals surface area contributed by atoms with Gasteiger partial charge in [-0.15, -0.1) is 0 Å². The van der Waals surface area contributed by atoms with E-state index in [1.807, 2.05) is 0 Å². The summed E-state index contributed by atoms with van der Waals surface area (Å²) in [6.07, 6.45) is 1.20. The normalized spacial score (nSPS) is 38.6. The predicted octanol–water partition coefficient (Wildman–Crippen LogP) is 2.21. The van der Waals surface area contributed by atoms with Crippen molar-refractivity contribution in [3.8, 4) is 0 Å². The minimum atomic E-state index is -2.36. The number of nitrogens with one attached hydrogen (secondary N) is 1. The van der Waals surface area contributed by atoms with Gasteiger partial charge in [-0.2, -0.15) is 0 Å². The maximum absolute atomic E-state index is 12.8. The molecule has 0 spiro atoms. The fourth-order valence-electron chi connectivity index (χ4n) is 2.74. The third kappa shape index (κ3) is 2.72. The minimum Gasteiger partial charge on any atom is -0.314 e. The zero-order chi connectivity index (χ0) is 11.8. The monoisotopic (exact) mass is 234 g/mol. The van der Waals surface area contributed by atoms with Crippen molar-refractivity contribution in [1.82, 2.24) is 10.2 Å². The van der Waals surface area contributed by atoms with Crippen molar-refractivity contribution in [3.05, 3.63) is 0 Å². The molecular weight excluding hydrogens is 210 g/mol. The third-order valence-electron chi connectivity index (χ3n) is 3.89. The Balaban J connectivity index is 0.00000144. The Hall–Kier alpha value is -0.220. The quantitative estimate of drug-likeness (QED) is 0.802. The molecule has 2 nitrogen and oxygen atoms in total. The van der Waals surface area contributed by atoms with Crippen LogP contribution in [0.5, 0.6) is 0 Å². The Morgan fingerprint density at radius 2 is 2.19 bits per heavy atom. The summed E-state index contributed by atoms with van der Waals surface area (Å²) >= 11 is 0. The lowest BCUT2D eigenvalue weighted by atomic mass is 9.93. The average molecular weight is 234 g/mol. The molecule has 0 aromatic rings. The van der Waals surface area contributed by atoms with Crippen molar-refractivity contribution in [2.75, 3.05) is 26.2 Å². The second kappa shape index (κ2) is 4.57. The van der Waals surface area contributed by atoms with Crippen molar-refractivity contribution >= 4 is 0 Å². The average Bonchev–Trinajstić information content (AvgIpc) is 2.79. The highest BCUT2D eigenvalue weighted by Crippen LogP contribution is 2.49. The largest absolute Gasteiger partial charge is 0.314 e. The Kier molecular flexibility index (Phi) is 3.50. The second-order valence-electron chi connectivity index (χ2n) is 5.35. The highest BCUT2D eigenvalue weighted by atomic mass is 19.3. The van der Waals surface area contributed by atoms with Gasteiger partial charge in [0.05, 0.1) is 0 Å². The lowest BCUT2D eigenvalue weighted by Crippen LogP contribution is -2.48. The summed E-state index contributed by atoms with van der Waals surface area (Å²) in [5, 5.41) is 3.47. The molecule has 0 bridgehead atoms. The van der Waals surface area contributed by atoms with Crippen LogP contribution in [0.15, 0.2) is 0 Å². The molecule has 1 aliphatic carbocycles. The molecule has 0 aromatic carbocycles. The van der Waals surface area contributed by atoms with Crippen molar-refractivity contribution in [3.63, 3.8) is 0 Å². The first-order valence-corrected chi connectivity index (χ1v) is 6.36. The Bertz CT molecular complexity index is 251. The van der Waals surface area contributed by atoms with E-state index in [9.17, 15) is 8.78 Å². The van der Waals surface area contributed by atoms with E-state index in [2.05, 4.69) is 24.1 Å². The van der Waals surface area contributed by atoms with Crippen LogP contribution in [-0.4, -0.2) is 43.0 Å². The summed E-state index contributed by atoms with van der Waals surface area (Å²) in [6.45, 7) is 7.85. The molecule has 0 radical (unpaired) electrons. The highest BCUT2D eigenvalue weighted by Gasteiger charge is 2.57. The Morgan fingerprint density at radius 3 is 2.69 bits per heavy atom. The number of alkyl halides is 2. The van der Waals surface area contributed by atoms with Crippen LogP contribution in [0.1, 0.15) is 28.1 Å². The number of halogens is 2. The first-order valence-electron chi connectivity index (χ1n) is 6.36. The number of rotatable bonds is 4. The lowest BCUT2D eigenvalue weighted by Gasteiger charge is -2.37. The van der Waals surface area contributed by atoms with Gasteiger partial charge in [-0.05, 0) is 25.4 Å². The first-order chi connectivity index (χ1) is 7.53. The molecule has 16 heavy (non-hydrogen) atoms. The van der Waals surface area contributed by atoms with Crippen molar-refractivity contribution in [2.45, 2.75) is 38.7 Å². The van der Waals surface area contributed by atoms with Crippen LogP contribution in [0, 0.1) is 11.8 Å². The summed E-state index contributed by atoms with van der Waals surface area (Å²) in [5.74, 6) is -2.15. The van der Waals surface area contributed by atoms with E-state index in [-0.39, 0.29) is 13.8 Å². The predicted molar refractivity (Wildman–Crippen MR) is 62.9 cm³/mol. The van der Waals surface area contributed by atoms with Crippen molar-refractivity contribution < 1.29 is 10.2 Å². The highest BCUT2D eigenvalue weighted by molar-refractivity contribution is 4.97. The minimum absolute atomic E-state index is 0. The molecule has 1 saturated carbocycles. The van der Waals surface area contributed by atoms with Gasteiger partial charge < -0.3 is 10.2 Å². The number of likely N-dealkylation sites (tertiary alicyclic amines) is 1. The SMILES string of the molecule is CCNC1CCN(CC2CC2(F)F)CC1C.[HH]. The summed E-state index contributed by atoms with van der Waals surface area (Å²) in [4.78, 5) is 2.21. The van der Waals surface area contributed by atoms with E-state index in [1.165, 1.54) is 0 Å². The number of nitrogens with zero attached hydrogens (tertiary/aromatic N) is 1. The van der Waals surface area contributed by atoms with Crippen LogP contribution in [0.25, 0.3) is 0 Å². The summed E-state index contributed by atoms with van der Waals surface area (Å²) < 4.78 is 25.6. The third-order valence-corrected chi connectivity index (χ3v) is 3.89. The summed E-state index contributed by atoms with van der Waals surface area (Å²) in [7, 11) is 0. The molecule has 96 valence electrons. The van der Waals surface area contributed by atoms with E-state index >= 15 is 0 Å². The van der Waals surface area contributed by atoms with Gasteiger partial charge in [-0.1, -0.05) is 13.8 Å². The second-order valence-corrected chi connectivity index (χ2v) is 5.35. The number of hydrogen-bond donors (Lipinski definition) is 1. The van der Waals surface area contributed by atoms with Gasteiger partial charge in [-0.3, -0.25) is 0 Å². The van der Waals surface area contributed by atoms with Crippen LogP contribution in [0.2, 0.25) is 0 Å². The van der Waals surface area contributed by atoms with Crippen molar-refractivity contribution in [1.29, 1.82) is 0 Å². The van der Waals surface area contributed by atoms with Gasteiger partial charge in [0.15, 0.2) is 0 Å². The van der Waals surface area contributed by atoms with E-state index in [4.69, 9.17) is 0 Å². The number of hydrogen-bond acceptors (Lipinski definition) is 2. The smallest absolute Gasteiger partial charge is 0.252 e. The van der Waals surface area contributed by atoms with Gasteiger partial charge in [-0.25, -0.2) is 8.78 Å². The van der Waals surface area contributed by atoms with Crippen LogP contribution < -0.4 is 5.32 Å². The molecule has 4 heteroatoms. The zero-order valence-corrected chi connectivity index (χ0v) is 10.2. The fourth-order valence-corrected chi connectivity index (χ4v) is 2.74. The number of piperidine rings is 1. The summed E-state index contributed by atoms with van der Waals surface area (Å²) in [6, 6.07) is 0.570. The van der Waals surface area contributed by atoms with Gasteiger partial charge in [0.25, 0.3) is 5.92 Å². The molecular formula is C12H24F2N2. The molecule has 2 aliphatic rings. The van der Waals surface area contributed by atoms with Gasteiger partial charge in [0, 0.05) is 32.9 Å². The van der Waals surface area contributed by atoms with E-state index in [1.54, 1.807) is 0 Å². The molecule has 1 saturated heterocycles.